The van der Waals surface area contributed by atoms with Gasteiger partial charge in [0.05, 0.1) is 11.8 Å². The van der Waals surface area contributed by atoms with E-state index in [0.29, 0.717) is 0 Å². The summed E-state index contributed by atoms with van der Waals surface area (Å²) in [6.45, 7) is 3.47. The third-order valence-electron chi connectivity index (χ3n) is 3.51. The first-order valence-corrected chi connectivity index (χ1v) is 6.95. The van der Waals surface area contributed by atoms with Gasteiger partial charge in [-0.3, -0.25) is 9.59 Å². The molecule has 2 atom stereocenters. The van der Waals surface area contributed by atoms with Crippen LogP contribution in [0.1, 0.15) is 36.8 Å². The molecular weight excluding hydrogens is 264 g/mol. The van der Waals surface area contributed by atoms with Crippen molar-refractivity contribution in [3.8, 4) is 0 Å². The van der Waals surface area contributed by atoms with Crippen LogP contribution in [0.2, 0.25) is 0 Å². The van der Waals surface area contributed by atoms with Crippen LogP contribution in [-0.2, 0) is 14.3 Å². The van der Waals surface area contributed by atoms with Crippen molar-refractivity contribution in [3.05, 3.63) is 71.8 Å². The number of hydrogen-bond donors (Lipinski definition) is 0. The van der Waals surface area contributed by atoms with Crippen molar-refractivity contribution in [2.75, 3.05) is 0 Å². The fourth-order valence-corrected chi connectivity index (χ4v) is 2.03. The molecule has 108 valence electrons. The summed E-state index contributed by atoms with van der Waals surface area (Å²) < 4.78 is 5.00. The van der Waals surface area contributed by atoms with E-state index in [0.717, 1.165) is 11.1 Å². The summed E-state index contributed by atoms with van der Waals surface area (Å²) in [7, 11) is 0. The third kappa shape index (κ3) is 3.78. The minimum atomic E-state index is -0.519. The molecule has 0 radical (unpaired) electrons. The molecular formula is C18H18O3. The topological polar surface area (TPSA) is 43.4 Å². The maximum atomic E-state index is 12.0. The lowest BCUT2D eigenvalue weighted by Gasteiger charge is -2.14. The second kappa shape index (κ2) is 6.84. The Morgan fingerprint density at radius 3 is 1.38 bits per heavy atom. The molecule has 0 bridgehead atoms. The zero-order chi connectivity index (χ0) is 15.2. The van der Waals surface area contributed by atoms with Crippen LogP contribution in [0.25, 0.3) is 0 Å². The van der Waals surface area contributed by atoms with E-state index in [1.54, 1.807) is 13.8 Å². The van der Waals surface area contributed by atoms with E-state index in [1.807, 2.05) is 60.7 Å². The quantitative estimate of drug-likeness (QED) is 0.635. The van der Waals surface area contributed by atoms with E-state index in [9.17, 15) is 9.59 Å². The minimum absolute atomic E-state index is 0.460. The average molecular weight is 282 g/mol. The number of carbonyl (C=O) groups is 2. The molecule has 3 heteroatoms. The molecule has 2 rings (SSSR count). The number of esters is 2. The van der Waals surface area contributed by atoms with Crippen molar-refractivity contribution in [2.24, 2.45) is 0 Å². The van der Waals surface area contributed by atoms with Crippen molar-refractivity contribution in [3.63, 3.8) is 0 Å². The second-order valence-electron chi connectivity index (χ2n) is 5.00. The van der Waals surface area contributed by atoms with Crippen molar-refractivity contribution < 1.29 is 14.3 Å². The fourth-order valence-electron chi connectivity index (χ4n) is 2.03. The monoisotopic (exact) mass is 282 g/mol. The Morgan fingerprint density at radius 2 is 1.05 bits per heavy atom. The SMILES string of the molecule is C[C@H](C(=O)OC(=O)[C@@H](C)c1ccccc1)c1ccccc1. The summed E-state index contributed by atoms with van der Waals surface area (Å²) in [5.74, 6) is -1.96. The molecule has 0 saturated carbocycles. The molecule has 0 aliphatic carbocycles. The van der Waals surface area contributed by atoms with E-state index >= 15 is 0 Å². The highest BCUT2D eigenvalue weighted by Gasteiger charge is 2.24. The minimum Gasteiger partial charge on any atom is -0.392 e. The fraction of sp³-hybridized carbons (Fsp3) is 0.222. The van der Waals surface area contributed by atoms with Gasteiger partial charge in [0.1, 0.15) is 0 Å². The lowest BCUT2D eigenvalue weighted by Crippen LogP contribution is -2.21. The standard InChI is InChI=1S/C18H18O3/c1-13(15-9-5-3-6-10-15)17(19)21-18(20)14(2)16-11-7-4-8-12-16/h3-14H,1-2H3/t13-,14-/m0/s1. The van der Waals surface area contributed by atoms with Crippen molar-refractivity contribution in [2.45, 2.75) is 25.7 Å². The predicted octanol–water partition coefficient (Wildman–Crippen LogP) is 3.66. The normalized spacial score (nSPS) is 13.2. The zero-order valence-corrected chi connectivity index (χ0v) is 12.2. The largest absolute Gasteiger partial charge is 0.392 e. The van der Waals surface area contributed by atoms with Crippen LogP contribution in [0.4, 0.5) is 0 Å². The van der Waals surface area contributed by atoms with Gasteiger partial charge >= 0.3 is 11.9 Å². The van der Waals surface area contributed by atoms with Gasteiger partial charge in [0, 0.05) is 0 Å². The molecule has 2 aromatic rings. The van der Waals surface area contributed by atoms with E-state index in [4.69, 9.17) is 4.74 Å². The van der Waals surface area contributed by atoms with Crippen molar-refractivity contribution in [1.29, 1.82) is 0 Å². The highest BCUT2D eigenvalue weighted by molar-refractivity contribution is 5.91. The highest BCUT2D eigenvalue weighted by atomic mass is 16.6. The van der Waals surface area contributed by atoms with Crippen LogP contribution >= 0.6 is 0 Å². The van der Waals surface area contributed by atoms with Gasteiger partial charge < -0.3 is 4.74 Å². The highest BCUT2D eigenvalue weighted by Crippen LogP contribution is 2.20. The van der Waals surface area contributed by atoms with Crippen LogP contribution in [-0.4, -0.2) is 11.9 Å². The van der Waals surface area contributed by atoms with Crippen LogP contribution in [0.5, 0.6) is 0 Å². The molecule has 3 nitrogen and oxygen atoms in total. The number of carbonyl (C=O) groups excluding carboxylic acids is 2. The lowest BCUT2D eigenvalue weighted by molar-refractivity contribution is -0.161. The summed E-state index contributed by atoms with van der Waals surface area (Å²) in [6, 6.07) is 18.6. The third-order valence-corrected chi connectivity index (χ3v) is 3.51. The molecule has 2 aromatic carbocycles. The lowest BCUT2D eigenvalue weighted by atomic mass is 10.0. The molecule has 0 fully saturated rings. The van der Waals surface area contributed by atoms with Gasteiger partial charge in [-0.25, -0.2) is 0 Å². The summed E-state index contributed by atoms with van der Waals surface area (Å²) >= 11 is 0. The average Bonchev–Trinajstić information content (AvgIpc) is 2.55. The van der Waals surface area contributed by atoms with Crippen molar-refractivity contribution in [1.82, 2.24) is 0 Å². The van der Waals surface area contributed by atoms with Crippen LogP contribution < -0.4 is 0 Å². The Kier molecular flexibility index (Phi) is 4.88. The molecule has 0 amide bonds. The molecule has 0 aliphatic heterocycles. The van der Waals surface area contributed by atoms with Gasteiger partial charge in [-0.2, -0.15) is 0 Å². The van der Waals surface area contributed by atoms with Gasteiger partial charge in [0.15, 0.2) is 0 Å². The number of benzene rings is 2. The Morgan fingerprint density at radius 1 is 0.714 bits per heavy atom. The summed E-state index contributed by atoms with van der Waals surface area (Å²) in [6.07, 6.45) is 0. The van der Waals surface area contributed by atoms with Crippen LogP contribution in [0, 0.1) is 0 Å². The Hall–Kier alpha value is -2.42. The van der Waals surface area contributed by atoms with Gasteiger partial charge in [0.2, 0.25) is 0 Å². The first-order valence-electron chi connectivity index (χ1n) is 6.95. The van der Waals surface area contributed by atoms with Crippen molar-refractivity contribution >= 4 is 11.9 Å². The number of rotatable bonds is 4. The summed E-state index contributed by atoms with van der Waals surface area (Å²) in [5, 5.41) is 0. The predicted molar refractivity (Wildman–Crippen MR) is 80.8 cm³/mol. The van der Waals surface area contributed by atoms with Crippen LogP contribution in [0.3, 0.4) is 0 Å². The van der Waals surface area contributed by atoms with E-state index in [-0.39, 0.29) is 0 Å². The first-order chi connectivity index (χ1) is 10.1. The summed E-state index contributed by atoms with van der Waals surface area (Å²) in [5.41, 5.74) is 1.67. The molecule has 0 aliphatic rings. The van der Waals surface area contributed by atoms with Crippen LogP contribution in [0.15, 0.2) is 60.7 Å². The molecule has 0 spiro atoms. The zero-order valence-electron chi connectivity index (χ0n) is 12.2. The number of ether oxygens (including phenoxy) is 1. The molecule has 0 unspecified atom stereocenters. The molecule has 0 aromatic heterocycles. The Bertz CT molecular complexity index is 549. The second-order valence-corrected chi connectivity index (χ2v) is 5.00. The Labute approximate surface area is 124 Å². The van der Waals surface area contributed by atoms with E-state index in [1.165, 1.54) is 0 Å². The van der Waals surface area contributed by atoms with Gasteiger partial charge in [-0.1, -0.05) is 60.7 Å². The maximum absolute atomic E-state index is 12.0. The Balaban J connectivity index is 2.01. The number of hydrogen-bond acceptors (Lipinski definition) is 3. The first kappa shape index (κ1) is 15.0. The van der Waals surface area contributed by atoms with Gasteiger partial charge in [-0.05, 0) is 25.0 Å². The smallest absolute Gasteiger partial charge is 0.320 e. The maximum Gasteiger partial charge on any atom is 0.320 e. The van der Waals surface area contributed by atoms with E-state index < -0.39 is 23.8 Å². The molecule has 0 saturated heterocycles. The van der Waals surface area contributed by atoms with Gasteiger partial charge in [-0.15, -0.1) is 0 Å². The van der Waals surface area contributed by atoms with Gasteiger partial charge in [0.25, 0.3) is 0 Å². The molecule has 0 heterocycles. The van der Waals surface area contributed by atoms with E-state index in [2.05, 4.69) is 0 Å². The molecule has 21 heavy (non-hydrogen) atoms. The summed E-state index contributed by atoms with van der Waals surface area (Å²) in [4.78, 5) is 24.1. The molecule has 0 N–H and O–H groups in total.